The summed E-state index contributed by atoms with van der Waals surface area (Å²) in [5.74, 6) is -0.224. The number of rotatable bonds is 6. The average molecular weight is 310 g/mol. The minimum atomic E-state index is -0.224. The minimum Gasteiger partial charge on any atom is -0.396 e. The lowest BCUT2D eigenvalue weighted by molar-refractivity contribution is 0.0954. The number of likely N-dealkylation sites (N-methyl/N-ethyl adjacent to an activating group) is 1. The van der Waals surface area contributed by atoms with Crippen molar-refractivity contribution < 1.29 is 4.79 Å². The van der Waals surface area contributed by atoms with Crippen molar-refractivity contribution in [3.8, 4) is 0 Å². The number of halogens is 2. The second kappa shape index (κ2) is 7.19. The lowest BCUT2D eigenvalue weighted by Gasteiger charge is -2.17. The number of nitrogen functional groups attached to an aromatic ring is 1. The van der Waals surface area contributed by atoms with Gasteiger partial charge in [0.25, 0.3) is 5.91 Å². The van der Waals surface area contributed by atoms with Crippen LogP contribution in [0.5, 0.6) is 0 Å². The van der Waals surface area contributed by atoms with E-state index >= 15 is 0 Å². The van der Waals surface area contributed by atoms with Gasteiger partial charge in [0.05, 0.1) is 10.7 Å². The summed E-state index contributed by atoms with van der Waals surface area (Å²) in [6.45, 7) is 7.49. The van der Waals surface area contributed by atoms with Gasteiger partial charge in [0.15, 0.2) is 0 Å². The fourth-order valence-corrected chi connectivity index (χ4v) is 2.87. The highest BCUT2D eigenvalue weighted by Crippen LogP contribution is 2.38. The minimum absolute atomic E-state index is 0.224. The molecule has 0 unspecified atom stereocenters. The summed E-state index contributed by atoms with van der Waals surface area (Å²) >= 11 is 12.8. The van der Waals surface area contributed by atoms with Crippen molar-refractivity contribution in [3.05, 3.63) is 14.2 Å². The van der Waals surface area contributed by atoms with Crippen LogP contribution >= 0.6 is 34.5 Å². The Labute approximate surface area is 121 Å². The average Bonchev–Trinajstić information content (AvgIpc) is 2.62. The topological polar surface area (TPSA) is 58.4 Å². The number of amides is 1. The molecule has 1 rings (SSSR count). The van der Waals surface area contributed by atoms with Crippen molar-refractivity contribution in [3.63, 3.8) is 0 Å². The predicted molar refractivity (Wildman–Crippen MR) is 78.9 cm³/mol. The normalized spacial score (nSPS) is 10.9. The van der Waals surface area contributed by atoms with E-state index in [9.17, 15) is 4.79 Å². The SMILES string of the molecule is CCN(CC)CCNC(=O)c1sc(Cl)c(Cl)c1N. The zero-order chi connectivity index (χ0) is 13.7. The summed E-state index contributed by atoms with van der Waals surface area (Å²) < 4.78 is 0.350. The van der Waals surface area contributed by atoms with Gasteiger partial charge in [-0.2, -0.15) is 0 Å². The van der Waals surface area contributed by atoms with Gasteiger partial charge >= 0.3 is 0 Å². The Hall–Kier alpha value is -0.490. The third-order valence-corrected chi connectivity index (χ3v) is 4.67. The Morgan fingerprint density at radius 3 is 2.44 bits per heavy atom. The van der Waals surface area contributed by atoms with Gasteiger partial charge in [-0.05, 0) is 13.1 Å². The van der Waals surface area contributed by atoms with E-state index in [4.69, 9.17) is 28.9 Å². The number of thiophene rings is 1. The largest absolute Gasteiger partial charge is 0.396 e. The maximum Gasteiger partial charge on any atom is 0.263 e. The first-order valence-electron chi connectivity index (χ1n) is 5.75. The predicted octanol–water partition coefficient (Wildman–Crippen LogP) is 2.71. The van der Waals surface area contributed by atoms with Gasteiger partial charge in [-0.1, -0.05) is 37.0 Å². The van der Waals surface area contributed by atoms with E-state index in [1.807, 2.05) is 0 Å². The number of carbonyl (C=O) groups excluding carboxylic acids is 1. The van der Waals surface area contributed by atoms with Crippen LogP contribution in [0.25, 0.3) is 0 Å². The number of nitrogens with two attached hydrogens (primary N) is 1. The smallest absolute Gasteiger partial charge is 0.263 e. The number of anilines is 1. The Bertz CT molecular complexity index is 419. The molecule has 4 nitrogen and oxygen atoms in total. The van der Waals surface area contributed by atoms with Crippen LogP contribution in [0.2, 0.25) is 9.36 Å². The molecular formula is C11H17Cl2N3OS. The van der Waals surface area contributed by atoms with E-state index < -0.39 is 0 Å². The molecule has 7 heteroatoms. The molecule has 1 aromatic heterocycles. The van der Waals surface area contributed by atoms with E-state index in [-0.39, 0.29) is 16.6 Å². The molecule has 0 saturated carbocycles. The van der Waals surface area contributed by atoms with Crippen molar-refractivity contribution in [2.75, 3.05) is 31.9 Å². The number of nitrogens with one attached hydrogen (secondary N) is 1. The molecule has 1 amide bonds. The quantitative estimate of drug-likeness (QED) is 0.849. The van der Waals surface area contributed by atoms with Crippen LogP contribution in [-0.4, -0.2) is 37.0 Å². The van der Waals surface area contributed by atoms with Crippen molar-refractivity contribution in [1.29, 1.82) is 0 Å². The highest BCUT2D eigenvalue weighted by molar-refractivity contribution is 7.19. The number of carbonyl (C=O) groups is 1. The van der Waals surface area contributed by atoms with Crippen LogP contribution in [0.4, 0.5) is 5.69 Å². The standard InChI is InChI=1S/C11H17Cl2N3OS/c1-3-16(4-2)6-5-15-11(17)9-8(14)7(12)10(13)18-9/h3-6,14H2,1-2H3,(H,15,17). The zero-order valence-electron chi connectivity index (χ0n) is 10.4. The molecule has 18 heavy (non-hydrogen) atoms. The molecule has 0 radical (unpaired) electrons. The highest BCUT2D eigenvalue weighted by Gasteiger charge is 2.18. The monoisotopic (exact) mass is 309 g/mol. The van der Waals surface area contributed by atoms with E-state index in [2.05, 4.69) is 24.1 Å². The second-order valence-electron chi connectivity index (χ2n) is 3.72. The third kappa shape index (κ3) is 3.75. The molecule has 0 atom stereocenters. The lowest BCUT2D eigenvalue weighted by Crippen LogP contribution is -2.34. The molecular weight excluding hydrogens is 293 g/mol. The molecule has 0 saturated heterocycles. The summed E-state index contributed by atoms with van der Waals surface area (Å²) in [5, 5.41) is 3.07. The van der Waals surface area contributed by atoms with E-state index in [1.165, 1.54) is 0 Å². The lowest BCUT2D eigenvalue weighted by atomic mass is 10.3. The molecule has 0 fully saturated rings. The first-order chi connectivity index (χ1) is 8.51. The molecule has 0 spiro atoms. The van der Waals surface area contributed by atoms with Crippen LogP contribution in [0.3, 0.4) is 0 Å². The fraction of sp³-hybridized carbons (Fsp3) is 0.545. The Morgan fingerprint density at radius 2 is 2.00 bits per heavy atom. The second-order valence-corrected chi connectivity index (χ2v) is 5.72. The zero-order valence-corrected chi connectivity index (χ0v) is 12.8. The van der Waals surface area contributed by atoms with Crippen LogP contribution in [0.1, 0.15) is 23.5 Å². The van der Waals surface area contributed by atoms with Crippen molar-refractivity contribution in [2.45, 2.75) is 13.8 Å². The van der Waals surface area contributed by atoms with E-state index in [1.54, 1.807) is 0 Å². The molecule has 3 N–H and O–H groups in total. The number of hydrogen-bond acceptors (Lipinski definition) is 4. The maximum absolute atomic E-state index is 11.9. The van der Waals surface area contributed by atoms with Gasteiger partial charge < -0.3 is 16.0 Å². The van der Waals surface area contributed by atoms with Gasteiger partial charge in [0, 0.05) is 13.1 Å². The number of nitrogens with zero attached hydrogens (tertiary/aromatic N) is 1. The van der Waals surface area contributed by atoms with Gasteiger partial charge in [0.2, 0.25) is 0 Å². The summed E-state index contributed by atoms with van der Waals surface area (Å²) in [6.07, 6.45) is 0. The van der Waals surface area contributed by atoms with Crippen molar-refractivity contribution >= 4 is 46.1 Å². The van der Waals surface area contributed by atoms with Crippen LogP contribution in [0.15, 0.2) is 0 Å². The molecule has 0 aliphatic heterocycles. The summed E-state index contributed by atoms with van der Waals surface area (Å²) in [5.41, 5.74) is 5.97. The molecule has 0 aromatic carbocycles. The summed E-state index contributed by atoms with van der Waals surface area (Å²) in [6, 6.07) is 0. The Morgan fingerprint density at radius 1 is 1.39 bits per heavy atom. The fourth-order valence-electron chi connectivity index (χ4n) is 1.51. The summed E-state index contributed by atoms with van der Waals surface area (Å²) in [4.78, 5) is 14.5. The van der Waals surface area contributed by atoms with Crippen LogP contribution in [-0.2, 0) is 0 Å². The van der Waals surface area contributed by atoms with Crippen LogP contribution in [0, 0.1) is 0 Å². The number of hydrogen-bond donors (Lipinski definition) is 2. The van der Waals surface area contributed by atoms with Gasteiger partial charge in [-0.25, -0.2) is 0 Å². The van der Waals surface area contributed by atoms with Crippen molar-refractivity contribution in [1.82, 2.24) is 10.2 Å². The van der Waals surface area contributed by atoms with Gasteiger partial charge in [-0.15, -0.1) is 11.3 Å². The van der Waals surface area contributed by atoms with Gasteiger partial charge in [-0.3, -0.25) is 4.79 Å². The molecule has 1 heterocycles. The van der Waals surface area contributed by atoms with Gasteiger partial charge in [0.1, 0.15) is 9.21 Å². The highest BCUT2D eigenvalue weighted by atomic mass is 35.5. The molecule has 0 aliphatic rings. The molecule has 0 bridgehead atoms. The van der Waals surface area contributed by atoms with Crippen LogP contribution < -0.4 is 11.1 Å². The molecule has 1 aromatic rings. The molecule has 102 valence electrons. The Balaban J connectivity index is 2.53. The van der Waals surface area contributed by atoms with E-state index in [0.717, 1.165) is 31.0 Å². The van der Waals surface area contributed by atoms with E-state index in [0.29, 0.717) is 15.8 Å². The maximum atomic E-state index is 11.9. The van der Waals surface area contributed by atoms with Crippen molar-refractivity contribution in [2.24, 2.45) is 0 Å². The third-order valence-electron chi connectivity index (χ3n) is 2.66. The molecule has 0 aliphatic carbocycles. The first-order valence-corrected chi connectivity index (χ1v) is 7.32. The first kappa shape index (κ1) is 15.6. The Kier molecular flexibility index (Phi) is 6.21. The summed E-state index contributed by atoms with van der Waals surface area (Å²) in [7, 11) is 0.